The normalized spacial score (nSPS) is 17.4. The van der Waals surface area contributed by atoms with Crippen molar-refractivity contribution in [2.24, 2.45) is 0 Å². The summed E-state index contributed by atoms with van der Waals surface area (Å²) >= 11 is 0. The first kappa shape index (κ1) is 17.2. The fraction of sp³-hybridized carbons (Fsp3) is 0.700. The molecule has 0 radical (unpaired) electrons. The van der Waals surface area contributed by atoms with Gasteiger partial charge in [-0.2, -0.15) is 0 Å². The summed E-state index contributed by atoms with van der Waals surface area (Å²) in [6.45, 7) is 8.72. The van der Waals surface area contributed by atoms with Gasteiger partial charge in [0.25, 0.3) is 0 Å². The number of fused-ring (bicyclic) bond motifs is 1. The summed E-state index contributed by atoms with van der Waals surface area (Å²) in [6, 6.07) is 3.72. The minimum Gasteiger partial charge on any atom is -0.508 e. The topological polar surface area (TPSA) is 29.5 Å². The molecular weight excluding hydrogens is 272 g/mol. The van der Waals surface area contributed by atoms with Crippen molar-refractivity contribution in [2.45, 2.75) is 90.6 Å². The Kier molecular flexibility index (Phi) is 5.77. The van der Waals surface area contributed by atoms with E-state index in [-0.39, 0.29) is 5.41 Å². The van der Waals surface area contributed by atoms with Gasteiger partial charge in [-0.05, 0) is 30.4 Å². The van der Waals surface area contributed by atoms with Gasteiger partial charge in [-0.25, -0.2) is 0 Å². The Morgan fingerprint density at radius 2 is 1.77 bits per heavy atom. The first-order valence-electron chi connectivity index (χ1n) is 8.95. The van der Waals surface area contributed by atoms with Crippen molar-refractivity contribution in [3.05, 3.63) is 23.3 Å². The molecule has 0 aromatic heterocycles. The van der Waals surface area contributed by atoms with Crippen LogP contribution >= 0.6 is 0 Å². The molecule has 0 bridgehead atoms. The van der Waals surface area contributed by atoms with E-state index in [1.54, 1.807) is 6.07 Å². The van der Waals surface area contributed by atoms with Crippen LogP contribution in [0.15, 0.2) is 12.1 Å². The lowest BCUT2D eigenvalue weighted by Crippen LogP contribution is -2.15. The zero-order valence-electron chi connectivity index (χ0n) is 14.7. The number of phenolic OH excluding ortho intramolecular Hbond substituents is 1. The van der Waals surface area contributed by atoms with Crippen LogP contribution in [0, 0.1) is 0 Å². The standard InChI is InChI=1S/C20H32O2/c1-5-6-7-8-9-10-11-15-14-16-18(22-15)13-12-17(21)19(16)20(2,3)4/h12-13,15,21H,5-11,14H2,1-4H3. The van der Waals surface area contributed by atoms with Gasteiger partial charge in [0.2, 0.25) is 0 Å². The van der Waals surface area contributed by atoms with Crippen molar-refractivity contribution in [3.8, 4) is 11.5 Å². The lowest BCUT2D eigenvalue weighted by molar-refractivity contribution is 0.216. The van der Waals surface area contributed by atoms with Gasteiger partial charge < -0.3 is 9.84 Å². The van der Waals surface area contributed by atoms with Crippen LogP contribution in [-0.2, 0) is 11.8 Å². The highest BCUT2D eigenvalue weighted by atomic mass is 16.5. The van der Waals surface area contributed by atoms with Crippen LogP contribution in [0.3, 0.4) is 0 Å². The fourth-order valence-electron chi connectivity index (χ4n) is 3.53. The molecule has 2 rings (SSSR count). The monoisotopic (exact) mass is 304 g/mol. The Labute approximate surface area is 135 Å². The summed E-state index contributed by atoms with van der Waals surface area (Å²) in [6.07, 6.45) is 10.3. The maximum absolute atomic E-state index is 10.2. The lowest BCUT2D eigenvalue weighted by atomic mass is 9.81. The van der Waals surface area contributed by atoms with Gasteiger partial charge in [0.1, 0.15) is 17.6 Å². The van der Waals surface area contributed by atoms with E-state index in [1.165, 1.54) is 44.1 Å². The third kappa shape index (κ3) is 4.18. The molecule has 2 heteroatoms. The fourth-order valence-corrected chi connectivity index (χ4v) is 3.53. The highest BCUT2D eigenvalue weighted by Gasteiger charge is 2.31. The molecule has 1 aromatic rings. The SMILES string of the molecule is CCCCCCCCC1Cc2c(ccc(O)c2C(C)(C)C)O1. The second-order valence-electron chi connectivity index (χ2n) is 7.69. The maximum atomic E-state index is 10.2. The molecule has 0 saturated heterocycles. The van der Waals surface area contributed by atoms with Crippen LogP contribution in [0.5, 0.6) is 11.5 Å². The summed E-state index contributed by atoms with van der Waals surface area (Å²) in [4.78, 5) is 0. The van der Waals surface area contributed by atoms with Gasteiger partial charge in [0.15, 0.2) is 0 Å². The van der Waals surface area contributed by atoms with Crippen molar-refractivity contribution >= 4 is 0 Å². The van der Waals surface area contributed by atoms with E-state index in [2.05, 4.69) is 27.7 Å². The van der Waals surface area contributed by atoms with E-state index >= 15 is 0 Å². The summed E-state index contributed by atoms with van der Waals surface area (Å²) in [5, 5.41) is 10.2. The minimum atomic E-state index is -0.0478. The van der Waals surface area contributed by atoms with E-state index in [1.807, 2.05) is 6.07 Å². The lowest BCUT2D eigenvalue weighted by Gasteiger charge is -2.23. The largest absolute Gasteiger partial charge is 0.508 e. The Morgan fingerprint density at radius 3 is 2.45 bits per heavy atom. The molecule has 1 aromatic carbocycles. The summed E-state index contributed by atoms with van der Waals surface area (Å²) in [5.74, 6) is 1.40. The average Bonchev–Trinajstić information content (AvgIpc) is 2.83. The third-order valence-corrected chi connectivity index (χ3v) is 4.60. The summed E-state index contributed by atoms with van der Waals surface area (Å²) in [5.41, 5.74) is 2.24. The minimum absolute atomic E-state index is 0.0478. The predicted molar refractivity (Wildman–Crippen MR) is 92.9 cm³/mol. The molecule has 0 saturated carbocycles. The van der Waals surface area contributed by atoms with Gasteiger partial charge in [-0.1, -0.05) is 59.8 Å². The first-order chi connectivity index (χ1) is 10.4. The number of benzene rings is 1. The maximum Gasteiger partial charge on any atom is 0.123 e. The van der Waals surface area contributed by atoms with Gasteiger partial charge in [-0.3, -0.25) is 0 Å². The zero-order valence-corrected chi connectivity index (χ0v) is 14.7. The molecule has 0 amide bonds. The molecule has 0 spiro atoms. The molecule has 1 unspecified atom stereocenters. The molecule has 1 N–H and O–H groups in total. The van der Waals surface area contributed by atoms with E-state index in [0.29, 0.717) is 11.9 Å². The second kappa shape index (κ2) is 7.39. The zero-order chi connectivity index (χ0) is 16.2. The molecule has 0 aliphatic carbocycles. The number of ether oxygens (including phenoxy) is 1. The van der Waals surface area contributed by atoms with E-state index in [9.17, 15) is 5.11 Å². The smallest absolute Gasteiger partial charge is 0.123 e. The van der Waals surface area contributed by atoms with Crippen LogP contribution < -0.4 is 4.74 Å². The van der Waals surface area contributed by atoms with E-state index < -0.39 is 0 Å². The van der Waals surface area contributed by atoms with Crippen molar-refractivity contribution in [1.29, 1.82) is 0 Å². The van der Waals surface area contributed by atoms with Gasteiger partial charge in [0, 0.05) is 17.5 Å². The van der Waals surface area contributed by atoms with Gasteiger partial charge >= 0.3 is 0 Å². The van der Waals surface area contributed by atoms with E-state index in [0.717, 1.165) is 24.2 Å². The van der Waals surface area contributed by atoms with E-state index in [4.69, 9.17) is 4.74 Å². The van der Waals surface area contributed by atoms with Gasteiger partial charge in [0.05, 0.1) is 0 Å². The number of hydrogen-bond acceptors (Lipinski definition) is 2. The molecule has 0 fully saturated rings. The Morgan fingerprint density at radius 1 is 1.09 bits per heavy atom. The van der Waals surface area contributed by atoms with Crippen molar-refractivity contribution in [2.75, 3.05) is 0 Å². The highest BCUT2D eigenvalue weighted by molar-refractivity contribution is 5.53. The molecule has 1 aliphatic heterocycles. The third-order valence-electron chi connectivity index (χ3n) is 4.60. The quantitative estimate of drug-likeness (QED) is 0.650. The van der Waals surface area contributed by atoms with Crippen LogP contribution in [-0.4, -0.2) is 11.2 Å². The summed E-state index contributed by atoms with van der Waals surface area (Å²) < 4.78 is 6.11. The first-order valence-corrected chi connectivity index (χ1v) is 8.95. The van der Waals surface area contributed by atoms with Crippen LogP contribution in [0.2, 0.25) is 0 Å². The Hall–Kier alpha value is -1.18. The molecule has 124 valence electrons. The summed E-state index contributed by atoms with van der Waals surface area (Å²) in [7, 11) is 0. The highest BCUT2D eigenvalue weighted by Crippen LogP contribution is 2.42. The second-order valence-corrected chi connectivity index (χ2v) is 7.69. The molecule has 1 heterocycles. The Bertz CT molecular complexity index is 485. The Balaban J connectivity index is 1.91. The van der Waals surface area contributed by atoms with Crippen LogP contribution in [0.4, 0.5) is 0 Å². The average molecular weight is 304 g/mol. The number of phenols is 1. The molecule has 2 nitrogen and oxygen atoms in total. The van der Waals surface area contributed by atoms with Crippen molar-refractivity contribution in [3.63, 3.8) is 0 Å². The molecule has 22 heavy (non-hydrogen) atoms. The number of hydrogen-bond donors (Lipinski definition) is 1. The molecular formula is C20H32O2. The van der Waals surface area contributed by atoms with Crippen molar-refractivity contribution in [1.82, 2.24) is 0 Å². The van der Waals surface area contributed by atoms with Crippen LogP contribution in [0.25, 0.3) is 0 Å². The molecule has 1 atom stereocenters. The molecule has 1 aliphatic rings. The van der Waals surface area contributed by atoms with Gasteiger partial charge in [-0.15, -0.1) is 0 Å². The number of rotatable bonds is 7. The number of aromatic hydroxyl groups is 1. The number of unbranched alkanes of at least 4 members (excludes halogenated alkanes) is 5. The van der Waals surface area contributed by atoms with Crippen molar-refractivity contribution < 1.29 is 9.84 Å². The van der Waals surface area contributed by atoms with Crippen LogP contribution in [0.1, 0.15) is 83.8 Å². The predicted octanol–water partition coefficient (Wildman–Crippen LogP) is 5.74.